The van der Waals surface area contributed by atoms with E-state index in [4.69, 9.17) is 5.26 Å². The Labute approximate surface area is 84.0 Å². The Hall–Kier alpha value is -1.56. The number of hydrogen-bond donors (Lipinski definition) is 0. The van der Waals surface area contributed by atoms with Gasteiger partial charge in [0.25, 0.3) is 0 Å². The van der Waals surface area contributed by atoms with Gasteiger partial charge in [-0.15, -0.1) is 0 Å². The summed E-state index contributed by atoms with van der Waals surface area (Å²) in [4.78, 5) is 6.31. The van der Waals surface area contributed by atoms with Crippen molar-refractivity contribution in [2.24, 2.45) is 5.92 Å². The highest BCUT2D eigenvalue weighted by Gasteiger charge is 2.20. The second-order valence-corrected chi connectivity index (χ2v) is 3.82. The second kappa shape index (κ2) is 3.67. The maximum absolute atomic E-state index is 8.91. The SMILES string of the molecule is CC1CCN(c2cccnc2C#N)C1. The van der Waals surface area contributed by atoms with Crippen molar-refractivity contribution in [2.45, 2.75) is 13.3 Å². The summed E-state index contributed by atoms with van der Waals surface area (Å²) in [5, 5.41) is 8.91. The van der Waals surface area contributed by atoms with Crippen LogP contribution in [0.5, 0.6) is 0 Å². The molecular formula is C11H13N3. The smallest absolute Gasteiger partial charge is 0.163 e. The third-order valence-electron chi connectivity index (χ3n) is 2.66. The van der Waals surface area contributed by atoms with E-state index >= 15 is 0 Å². The van der Waals surface area contributed by atoms with Crippen molar-refractivity contribution in [3.8, 4) is 6.07 Å². The van der Waals surface area contributed by atoms with E-state index in [-0.39, 0.29) is 0 Å². The van der Waals surface area contributed by atoms with Gasteiger partial charge >= 0.3 is 0 Å². The lowest BCUT2D eigenvalue weighted by Crippen LogP contribution is -2.20. The quantitative estimate of drug-likeness (QED) is 0.673. The zero-order valence-corrected chi connectivity index (χ0v) is 8.27. The minimum Gasteiger partial charge on any atom is -0.369 e. The van der Waals surface area contributed by atoms with Crippen molar-refractivity contribution >= 4 is 5.69 Å². The molecule has 1 fully saturated rings. The summed E-state index contributed by atoms with van der Waals surface area (Å²) in [5.74, 6) is 0.724. The van der Waals surface area contributed by atoms with E-state index < -0.39 is 0 Å². The maximum Gasteiger partial charge on any atom is 0.163 e. The lowest BCUT2D eigenvalue weighted by Gasteiger charge is -2.18. The van der Waals surface area contributed by atoms with E-state index in [9.17, 15) is 0 Å². The van der Waals surface area contributed by atoms with Crippen LogP contribution in [0.15, 0.2) is 18.3 Å². The van der Waals surface area contributed by atoms with Gasteiger partial charge in [0, 0.05) is 19.3 Å². The van der Waals surface area contributed by atoms with Gasteiger partial charge in [0.2, 0.25) is 0 Å². The van der Waals surface area contributed by atoms with Crippen molar-refractivity contribution in [3.05, 3.63) is 24.0 Å². The molecular weight excluding hydrogens is 174 g/mol. The Morgan fingerprint density at radius 3 is 3.14 bits per heavy atom. The van der Waals surface area contributed by atoms with Crippen LogP contribution in [0.25, 0.3) is 0 Å². The largest absolute Gasteiger partial charge is 0.369 e. The molecule has 0 aliphatic carbocycles. The van der Waals surface area contributed by atoms with Gasteiger partial charge in [0.15, 0.2) is 5.69 Å². The molecule has 1 aliphatic heterocycles. The van der Waals surface area contributed by atoms with Crippen molar-refractivity contribution in [2.75, 3.05) is 18.0 Å². The molecule has 0 N–H and O–H groups in total. The number of pyridine rings is 1. The summed E-state index contributed by atoms with van der Waals surface area (Å²) in [7, 11) is 0. The zero-order chi connectivity index (χ0) is 9.97. The van der Waals surface area contributed by atoms with Crippen LogP contribution < -0.4 is 4.90 Å². The van der Waals surface area contributed by atoms with E-state index in [1.54, 1.807) is 6.20 Å². The predicted molar refractivity (Wildman–Crippen MR) is 54.9 cm³/mol. The van der Waals surface area contributed by atoms with Gasteiger partial charge in [-0.05, 0) is 24.5 Å². The van der Waals surface area contributed by atoms with Gasteiger partial charge in [-0.2, -0.15) is 5.26 Å². The molecule has 1 aliphatic rings. The van der Waals surface area contributed by atoms with Crippen molar-refractivity contribution in [3.63, 3.8) is 0 Å². The van der Waals surface area contributed by atoms with Gasteiger partial charge in [0.05, 0.1) is 5.69 Å². The molecule has 1 atom stereocenters. The van der Waals surface area contributed by atoms with Crippen LogP contribution in [0, 0.1) is 17.2 Å². The fourth-order valence-electron chi connectivity index (χ4n) is 1.89. The van der Waals surface area contributed by atoms with Crippen molar-refractivity contribution in [1.82, 2.24) is 4.98 Å². The van der Waals surface area contributed by atoms with Crippen LogP contribution in [0.4, 0.5) is 5.69 Å². The highest BCUT2D eigenvalue weighted by molar-refractivity contribution is 5.56. The molecule has 0 bridgehead atoms. The van der Waals surface area contributed by atoms with Crippen LogP contribution in [-0.2, 0) is 0 Å². The number of rotatable bonds is 1. The van der Waals surface area contributed by atoms with Gasteiger partial charge in [0.1, 0.15) is 6.07 Å². The number of aromatic nitrogens is 1. The highest BCUT2D eigenvalue weighted by Crippen LogP contribution is 2.24. The first kappa shape index (κ1) is 9.01. The monoisotopic (exact) mass is 187 g/mol. The first-order valence-electron chi connectivity index (χ1n) is 4.91. The van der Waals surface area contributed by atoms with Crippen LogP contribution in [0.1, 0.15) is 19.0 Å². The molecule has 0 radical (unpaired) electrons. The molecule has 1 saturated heterocycles. The van der Waals surface area contributed by atoms with Crippen LogP contribution in [0.2, 0.25) is 0 Å². The minimum absolute atomic E-state index is 0.543. The van der Waals surface area contributed by atoms with E-state index in [1.165, 1.54) is 6.42 Å². The van der Waals surface area contributed by atoms with E-state index in [2.05, 4.69) is 22.9 Å². The normalized spacial score (nSPS) is 20.9. The van der Waals surface area contributed by atoms with E-state index in [0.717, 1.165) is 24.7 Å². The van der Waals surface area contributed by atoms with Crippen molar-refractivity contribution < 1.29 is 0 Å². The molecule has 3 nitrogen and oxygen atoms in total. The number of hydrogen-bond acceptors (Lipinski definition) is 3. The Balaban J connectivity index is 2.28. The Morgan fingerprint density at radius 1 is 1.64 bits per heavy atom. The average molecular weight is 187 g/mol. The van der Waals surface area contributed by atoms with Crippen LogP contribution in [-0.4, -0.2) is 18.1 Å². The number of nitriles is 1. The number of anilines is 1. The second-order valence-electron chi connectivity index (χ2n) is 3.82. The molecule has 0 amide bonds. The zero-order valence-electron chi connectivity index (χ0n) is 8.27. The molecule has 2 rings (SSSR count). The molecule has 14 heavy (non-hydrogen) atoms. The molecule has 0 spiro atoms. The standard InChI is InChI=1S/C11H13N3/c1-9-4-6-14(8-9)11-3-2-5-13-10(11)7-12/h2-3,5,9H,4,6,8H2,1H3. The van der Waals surface area contributed by atoms with Gasteiger partial charge in [-0.3, -0.25) is 0 Å². The van der Waals surface area contributed by atoms with Crippen molar-refractivity contribution in [1.29, 1.82) is 5.26 Å². The Bertz CT molecular complexity index is 367. The molecule has 0 aromatic carbocycles. The van der Waals surface area contributed by atoms with Gasteiger partial charge in [-0.25, -0.2) is 4.98 Å². The summed E-state index contributed by atoms with van der Waals surface area (Å²) < 4.78 is 0. The van der Waals surface area contributed by atoms with Gasteiger partial charge in [-0.1, -0.05) is 6.92 Å². The molecule has 1 aromatic heterocycles. The molecule has 1 unspecified atom stereocenters. The van der Waals surface area contributed by atoms with E-state index in [1.807, 2.05) is 12.1 Å². The summed E-state index contributed by atoms with van der Waals surface area (Å²) in [6, 6.07) is 6.00. The highest BCUT2D eigenvalue weighted by atomic mass is 15.2. The fraction of sp³-hybridized carbons (Fsp3) is 0.455. The summed E-state index contributed by atoms with van der Waals surface area (Å²) in [6.45, 7) is 4.32. The molecule has 0 saturated carbocycles. The van der Waals surface area contributed by atoms with E-state index in [0.29, 0.717) is 5.69 Å². The third-order valence-corrected chi connectivity index (χ3v) is 2.66. The lowest BCUT2D eigenvalue weighted by molar-refractivity contribution is 0.659. The first-order valence-corrected chi connectivity index (χ1v) is 4.91. The Morgan fingerprint density at radius 2 is 2.50 bits per heavy atom. The summed E-state index contributed by atoms with van der Waals surface area (Å²) in [5.41, 5.74) is 1.53. The van der Waals surface area contributed by atoms with Gasteiger partial charge < -0.3 is 4.90 Å². The summed E-state index contributed by atoms with van der Waals surface area (Å²) >= 11 is 0. The number of nitrogens with zero attached hydrogens (tertiary/aromatic N) is 3. The molecule has 3 heteroatoms. The fourth-order valence-corrected chi connectivity index (χ4v) is 1.89. The Kier molecular flexibility index (Phi) is 2.36. The van der Waals surface area contributed by atoms with Crippen LogP contribution >= 0.6 is 0 Å². The average Bonchev–Trinajstić information content (AvgIpc) is 2.65. The topological polar surface area (TPSA) is 39.9 Å². The predicted octanol–water partition coefficient (Wildman–Crippen LogP) is 1.80. The minimum atomic E-state index is 0.543. The molecule has 72 valence electrons. The molecule has 2 heterocycles. The lowest BCUT2D eigenvalue weighted by atomic mass is 10.2. The van der Waals surface area contributed by atoms with Crippen LogP contribution in [0.3, 0.4) is 0 Å². The molecule has 1 aromatic rings. The first-order chi connectivity index (χ1) is 6.81. The summed E-state index contributed by atoms with van der Waals surface area (Å²) in [6.07, 6.45) is 2.88. The third kappa shape index (κ3) is 1.56. The maximum atomic E-state index is 8.91.